The van der Waals surface area contributed by atoms with Crippen molar-refractivity contribution in [3.63, 3.8) is 0 Å². The maximum absolute atomic E-state index is 12.5. The highest BCUT2D eigenvalue weighted by Crippen LogP contribution is 2.36. The number of hydrogen-bond acceptors (Lipinski definition) is 8. The van der Waals surface area contributed by atoms with Crippen LogP contribution in [0.25, 0.3) is 11.7 Å². The first-order chi connectivity index (χ1) is 13.1. The van der Waals surface area contributed by atoms with E-state index in [9.17, 15) is 14.4 Å². The van der Waals surface area contributed by atoms with Crippen LogP contribution in [0.3, 0.4) is 0 Å². The topological polar surface area (TPSA) is 116 Å². The Bertz CT molecular complexity index is 874. The molecule has 0 spiro atoms. The number of fused-ring (bicyclic) bond motifs is 1. The van der Waals surface area contributed by atoms with Crippen LogP contribution in [0.1, 0.15) is 25.7 Å². The van der Waals surface area contributed by atoms with Gasteiger partial charge >= 0.3 is 5.97 Å². The molecule has 0 saturated carbocycles. The monoisotopic (exact) mass is 371 g/mol. The summed E-state index contributed by atoms with van der Waals surface area (Å²) in [5.41, 5.74) is 0. The van der Waals surface area contributed by atoms with Gasteiger partial charge in [-0.05, 0) is 31.9 Å². The molecule has 1 fully saturated rings. The Hall–Kier alpha value is -3.23. The molecule has 140 valence electrons. The molecule has 0 bridgehead atoms. The molecule has 9 heteroatoms. The van der Waals surface area contributed by atoms with Crippen molar-refractivity contribution in [1.82, 2.24) is 15.1 Å². The third-order valence-electron chi connectivity index (χ3n) is 4.81. The number of amides is 2. The van der Waals surface area contributed by atoms with E-state index >= 15 is 0 Å². The molecular formula is C18H17N3O6. The Labute approximate surface area is 154 Å². The van der Waals surface area contributed by atoms with Gasteiger partial charge in [0, 0.05) is 0 Å². The van der Waals surface area contributed by atoms with Crippen LogP contribution in [0.5, 0.6) is 0 Å². The van der Waals surface area contributed by atoms with Crippen molar-refractivity contribution in [3.8, 4) is 11.7 Å². The number of furan rings is 1. The summed E-state index contributed by atoms with van der Waals surface area (Å²) in [4.78, 5) is 38.4. The standard InChI is InChI=1S/C18H17N3O6/c1-10(21-16(22)11-5-2-3-6-12(11)17(21)23)18(24)26-9-14-19-20-15(27-14)13-7-4-8-25-13/h2-4,7-8,10-12H,5-6,9H2,1H3/t10-,11+,12+/m0/s1. The predicted octanol–water partition coefficient (Wildman–Crippen LogP) is 1.71. The molecule has 0 unspecified atom stereocenters. The largest absolute Gasteiger partial charge is 0.459 e. The Morgan fingerprint density at radius 1 is 1.26 bits per heavy atom. The van der Waals surface area contributed by atoms with Crippen molar-refractivity contribution in [2.75, 3.05) is 0 Å². The van der Waals surface area contributed by atoms with Crippen LogP contribution < -0.4 is 0 Å². The lowest BCUT2D eigenvalue weighted by molar-refractivity contribution is -0.159. The third-order valence-corrected chi connectivity index (χ3v) is 4.81. The molecule has 2 aromatic heterocycles. The molecule has 4 rings (SSSR count). The summed E-state index contributed by atoms with van der Waals surface area (Å²) >= 11 is 0. The van der Waals surface area contributed by atoms with Gasteiger partial charge in [-0.3, -0.25) is 14.5 Å². The quantitative estimate of drug-likeness (QED) is 0.443. The average Bonchev–Trinajstić information content (AvgIpc) is 3.41. The average molecular weight is 371 g/mol. The highest BCUT2D eigenvalue weighted by atomic mass is 16.5. The fraction of sp³-hybridized carbons (Fsp3) is 0.389. The summed E-state index contributed by atoms with van der Waals surface area (Å²) in [6, 6.07) is 2.32. The number of ether oxygens (including phenoxy) is 1. The van der Waals surface area contributed by atoms with Gasteiger partial charge in [0.1, 0.15) is 6.04 Å². The van der Waals surface area contributed by atoms with Crippen molar-refractivity contribution >= 4 is 17.8 Å². The number of imide groups is 1. The van der Waals surface area contributed by atoms with E-state index in [0.29, 0.717) is 18.6 Å². The molecule has 27 heavy (non-hydrogen) atoms. The molecule has 2 amide bonds. The number of esters is 1. The molecule has 1 saturated heterocycles. The summed E-state index contributed by atoms with van der Waals surface area (Å²) in [7, 11) is 0. The first-order valence-electron chi connectivity index (χ1n) is 8.61. The third kappa shape index (κ3) is 3.05. The normalized spacial score (nSPS) is 22.8. The number of carbonyl (C=O) groups excluding carboxylic acids is 3. The Kier molecular flexibility index (Phi) is 4.35. The lowest BCUT2D eigenvalue weighted by Gasteiger charge is -2.21. The van der Waals surface area contributed by atoms with E-state index in [1.165, 1.54) is 13.2 Å². The van der Waals surface area contributed by atoms with Crippen molar-refractivity contribution in [2.45, 2.75) is 32.4 Å². The van der Waals surface area contributed by atoms with Gasteiger partial charge < -0.3 is 13.6 Å². The second kappa shape index (κ2) is 6.82. The van der Waals surface area contributed by atoms with Gasteiger partial charge in [-0.2, -0.15) is 0 Å². The van der Waals surface area contributed by atoms with Gasteiger partial charge in [-0.15, -0.1) is 10.2 Å². The molecule has 0 aromatic carbocycles. The highest BCUT2D eigenvalue weighted by molar-refractivity contribution is 6.08. The predicted molar refractivity (Wildman–Crippen MR) is 88.5 cm³/mol. The highest BCUT2D eigenvalue weighted by Gasteiger charge is 2.50. The summed E-state index contributed by atoms with van der Waals surface area (Å²) < 4.78 is 15.7. The van der Waals surface area contributed by atoms with Crippen LogP contribution in [0.15, 0.2) is 39.4 Å². The van der Waals surface area contributed by atoms with E-state index < -0.39 is 12.0 Å². The zero-order valence-corrected chi connectivity index (χ0v) is 14.5. The Morgan fingerprint density at radius 2 is 1.96 bits per heavy atom. The van der Waals surface area contributed by atoms with E-state index in [1.54, 1.807) is 12.1 Å². The molecule has 0 N–H and O–H groups in total. The van der Waals surface area contributed by atoms with Crippen LogP contribution >= 0.6 is 0 Å². The van der Waals surface area contributed by atoms with Crippen molar-refractivity contribution < 1.29 is 28.0 Å². The second-order valence-electron chi connectivity index (χ2n) is 6.46. The van der Waals surface area contributed by atoms with E-state index in [-0.39, 0.29) is 42.0 Å². The molecule has 3 atom stereocenters. The Morgan fingerprint density at radius 3 is 2.59 bits per heavy atom. The minimum Gasteiger partial charge on any atom is -0.459 e. The molecule has 3 heterocycles. The minimum atomic E-state index is -1.01. The van der Waals surface area contributed by atoms with Crippen LogP contribution in [0, 0.1) is 11.8 Å². The summed E-state index contributed by atoms with van der Waals surface area (Å²) in [5.74, 6) is -1.47. The number of hydrogen-bond donors (Lipinski definition) is 0. The maximum Gasteiger partial charge on any atom is 0.329 e. The smallest absolute Gasteiger partial charge is 0.329 e. The first kappa shape index (κ1) is 17.2. The fourth-order valence-corrected chi connectivity index (χ4v) is 3.38. The van der Waals surface area contributed by atoms with Crippen molar-refractivity contribution in [2.24, 2.45) is 11.8 Å². The van der Waals surface area contributed by atoms with Gasteiger partial charge in [0.2, 0.25) is 11.8 Å². The molecular weight excluding hydrogens is 354 g/mol. The number of carbonyl (C=O) groups is 3. The second-order valence-corrected chi connectivity index (χ2v) is 6.46. The van der Waals surface area contributed by atoms with Gasteiger partial charge in [0.05, 0.1) is 18.1 Å². The van der Waals surface area contributed by atoms with Crippen LogP contribution in [0.2, 0.25) is 0 Å². The molecule has 1 aliphatic carbocycles. The SMILES string of the molecule is C[C@@H](C(=O)OCc1nnc(-c2ccco2)o1)N1C(=O)[C@@H]2CC=CC[C@H]2C1=O. The molecule has 2 aliphatic rings. The minimum absolute atomic E-state index is 0.0823. The number of aromatic nitrogens is 2. The van der Waals surface area contributed by atoms with Crippen LogP contribution in [0.4, 0.5) is 0 Å². The van der Waals surface area contributed by atoms with E-state index in [1.807, 2.05) is 12.2 Å². The zero-order chi connectivity index (χ0) is 19.0. The first-order valence-corrected chi connectivity index (χ1v) is 8.61. The Balaban J connectivity index is 1.38. The van der Waals surface area contributed by atoms with E-state index in [2.05, 4.69) is 10.2 Å². The maximum atomic E-state index is 12.5. The molecule has 0 radical (unpaired) electrons. The van der Waals surface area contributed by atoms with E-state index in [0.717, 1.165) is 4.90 Å². The van der Waals surface area contributed by atoms with Gasteiger partial charge in [0.25, 0.3) is 11.8 Å². The number of allylic oxidation sites excluding steroid dienone is 2. The summed E-state index contributed by atoms with van der Waals surface area (Å²) in [5, 5.41) is 7.58. The molecule has 2 aromatic rings. The van der Waals surface area contributed by atoms with Gasteiger partial charge in [-0.1, -0.05) is 12.2 Å². The summed E-state index contributed by atoms with van der Waals surface area (Å²) in [6.45, 7) is 1.21. The van der Waals surface area contributed by atoms with Crippen molar-refractivity contribution in [1.29, 1.82) is 0 Å². The van der Waals surface area contributed by atoms with Gasteiger partial charge in [0.15, 0.2) is 12.4 Å². The van der Waals surface area contributed by atoms with Crippen molar-refractivity contribution in [3.05, 3.63) is 36.4 Å². The number of rotatable bonds is 5. The fourth-order valence-electron chi connectivity index (χ4n) is 3.38. The van der Waals surface area contributed by atoms with Gasteiger partial charge in [-0.25, -0.2) is 4.79 Å². The zero-order valence-electron chi connectivity index (χ0n) is 14.5. The lowest BCUT2D eigenvalue weighted by Crippen LogP contribution is -2.44. The van der Waals surface area contributed by atoms with Crippen LogP contribution in [-0.4, -0.2) is 38.9 Å². The number of likely N-dealkylation sites (tertiary alicyclic amines) is 1. The lowest BCUT2D eigenvalue weighted by atomic mass is 9.85. The molecule has 1 aliphatic heterocycles. The number of nitrogens with zero attached hydrogens (tertiary/aromatic N) is 3. The summed E-state index contributed by atoms with van der Waals surface area (Å²) in [6.07, 6.45) is 6.30. The van der Waals surface area contributed by atoms with Crippen LogP contribution in [-0.2, 0) is 25.7 Å². The molecule has 9 nitrogen and oxygen atoms in total. The van der Waals surface area contributed by atoms with E-state index in [4.69, 9.17) is 13.6 Å².